The minimum absolute atomic E-state index is 0.0154. The van der Waals surface area contributed by atoms with Crippen LogP contribution in [-0.2, 0) is 4.79 Å². The van der Waals surface area contributed by atoms with E-state index in [-0.39, 0.29) is 18.0 Å². The molecule has 0 amide bonds. The molecule has 0 aliphatic heterocycles. The van der Waals surface area contributed by atoms with Crippen molar-refractivity contribution in [2.75, 3.05) is 0 Å². The highest BCUT2D eigenvalue weighted by molar-refractivity contribution is 5.93. The molecule has 0 fully saturated rings. The number of allylic oxidation sites excluding steroid dienone is 1. The zero-order valence-corrected chi connectivity index (χ0v) is 12.6. The number of carbonyl (C=O) groups is 1. The number of ketones is 1. The van der Waals surface area contributed by atoms with Gasteiger partial charge in [0, 0.05) is 6.42 Å². The number of aromatic hydroxyl groups is 1. The third-order valence-electron chi connectivity index (χ3n) is 3.48. The first-order valence-electron chi connectivity index (χ1n) is 7.29. The Morgan fingerprint density at radius 2 is 1.73 bits per heavy atom. The lowest BCUT2D eigenvalue weighted by Gasteiger charge is -2.09. The van der Waals surface area contributed by atoms with Crippen LogP contribution in [0, 0.1) is 6.92 Å². The van der Waals surface area contributed by atoms with E-state index in [0.29, 0.717) is 12.0 Å². The quantitative estimate of drug-likeness (QED) is 0.797. The molecule has 2 aromatic carbocycles. The monoisotopic (exact) mass is 296 g/mol. The van der Waals surface area contributed by atoms with Crippen molar-refractivity contribution < 1.29 is 15.0 Å². The van der Waals surface area contributed by atoms with Crippen LogP contribution in [-0.4, -0.2) is 16.0 Å². The number of rotatable bonds is 6. The molecule has 2 aromatic rings. The Balaban J connectivity index is 1.84. The molecule has 114 valence electrons. The molecule has 0 saturated heterocycles. The number of phenolic OH excluding ortho intramolecular Hbond substituents is 1. The number of hydrogen-bond donors (Lipinski definition) is 2. The summed E-state index contributed by atoms with van der Waals surface area (Å²) in [5, 5.41) is 19.2. The lowest BCUT2D eigenvalue weighted by Crippen LogP contribution is -2.01. The third-order valence-corrected chi connectivity index (χ3v) is 3.48. The molecule has 3 heteroatoms. The van der Waals surface area contributed by atoms with Crippen molar-refractivity contribution in [3.63, 3.8) is 0 Å². The van der Waals surface area contributed by atoms with Gasteiger partial charge in [0.1, 0.15) is 5.75 Å². The summed E-state index contributed by atoms with van der Waals surface area (Å²) >= 11 is 0. The lowest BCUT2D eigenvalue weighted by atomic mass is 10.0. The summed E-state index contributed by atoms with van der Waals surface area (Å²) in [7, 11) is 0. The number of aliphatic hydroxyl groups excluding tert-OH is 1. The Bertz CT molecular complexity index is 639. The van der Waals surface area contributed by atoms with Gasteiger partial charge in [0.15, 0.2) is 5.78 Å². The normalized spacial score (nSPS) is 12.5. The molecule has 2 N–H and O–H groups in total. The van der Waals surface area contributed by atoms with Gasteiger partial charge >= 0.3 is 0 Å². The summed E-state index contributed by atoms with van der Waals surface area (Å²) in [4.78, 5) is 11.8. The summed E-state index contributed by atoms with van der Waals surface area (Å²) in [6, 6.07) is 14.3. The van der Waals surface area contributed by atoms with Crippen molar-refractivity contribution in [2.24, 2.45) is 0 Å². The van der Waals surface area contributed by atoms with Gasteiger partial charge in [-0.05, 0) is 42.7 Å². The van der Waals surface area contributed by atoms with E-state index in [1.807, 2.05) is 31.2 Å². The molecule has 1 unspecified atom stereocenters. The first-order chi connectivity index (χ1) is 10.5. The fourth-order valence-electron chi connectivity index (χ4n) is 2.09. The number of benzene rings is 2. The van der Waals surface area contributed by atoms with Crippen LogP contribution >= 0.6 is 0 Å². The molecule has 0 aliphatic carbocycles. The number of phenols is 1. The molecule has 0 spiro atoms. The summed E-state index contributed by atoms with van der Waals surface area (Å²) in [5.41, 5.74) is 2.87. The van der Waals surface area contributed by atoms with Crippen LogP contribution in [0.1, 0.15) is 35.6 Å². The fourth-order valence-corrected chi connectivity index (χ4v) is 2.09. The number of aliphatic hydroxyl groups is 1. The first kappa shape index (κ1) is 16.0. The SMILES string of the molecule is Cc1ccc(/C=C/C(=O)CCC(O)c2ccc(O)cc2)cc1. The molecule has 22 heavy (non-hydrogen) atoms. The Labute approximate surface area is 130 Å². The molecule has 0 saturated carbocycles. The van der Waals surface area contributed by atoms with Crippen LogP contribution in [0.15, 0.2) is 54.6 Å². The summed E-state index contributed by atoms with van der Waals surface area (Å²) < 4.78 is 0. The Morgan fingerprint density at radius 1 is 1.09 bits per heavy atom. The van der Waals surface area contributed by atoms with Crippen LogP contribution in [0.4, 0.5) is 0 Å². The number of hydrogen-bond acceptors (Lipinski definition) is 3. The second kappa shape index (κ2) is 7.57. The van der Waals surface area contributed by atoms with Gasteiger partial charge in [-0.3, -0.25) is 4.79 Å². The average molecular weight is 296 g/mol. The van der Waals surface area contributed by atoms with Crippen molar-refractivity contribution in [1.29, 1.82) is 0 Å². The Hall–Kier alpha value is -2.39. The van der Waals surface area contributed by atoms with E-state index in [0.717, 1.165) is 5.56 Å². The summed E-state index contributed by atoms with van der Waals surface area (Å²) in [5.74, 6) is 0.145. The van der Waals surface area contributed by atoms with Crippen LogP contribution in [0.2, 0.25) is 0 Å². The van der Waals surface area contributed by atoms with Crippen molar-refractivity contribution in [3.05, 3.63) is 71.3 Å². The molecular formula is C19H20O3. The minimum atomic E-state index is -0.697. The Kier molecular flexibility index (Phi) is 5.50. The number of carbonyl (C=O) groups excluding carboxylic acids is 1. The fraction of sp³-hybridized carbons (Fsp3) is 0.211. The molecule has 3 nitrogen and oxygen atoms in total. The maximum absolute atomic E-state index is 11.8. The van der Waals surface area contributed by atoms with Gasteiger partial charge in [-0.15, -0.1) is 0 Å². The molecular weight excluding hydrogens is 276 g/mol. The van der Waals surface area contributed by atoms with Gasteiger partial charge in [-0.25, -0.2) is 0 Å². The summed E-state index contributed by atoms with van der Waals surface area (Å²) in [6.45, 7) is 2.02. The summed E-state index contributed by atoms with van der Waals surface area (Å²) in [6.07, 6.45) is 3.28. The van der Waals surface area contributed by atoms with E-state index in [1.165, 1.54) is 17.7 Å². The van der Waals surface area contributed by atoms with E-state index in [1.54, 1.807) is 24.3 Å². The number of aryl methyl sites for hydroxylation is 1. The van der Waals surface area contributed by atoms with E-state index in [9.17, 15) is 15.0 Å². The third kappa shape index (κ3) is 4.86. The van der Waals surface area contributed by atoms with Gasteiger partial charge in [0.2, 0.25) is 0 Å². The van der Waals surface area contributed by atoms with Gasteiger partial charge in [-0.1, -0.05) is 48.0 Å². The van der Waals surface area contributed by atoms with Crippen LogP contribution in [0.5, 0.6) is 5.75 Å². The van der Waals surface area contributed by atoms with E-state index in [2.05, 4.69) is 0 Å². The smallest absolute Gasteiger partial charge is 0.155 e. The Morgan fingerprint density at radius 3 is 2.36 bits per heavy atom. The molecule has 2 rings (SSSR count). The minimum Gasteiger partial charge on any atom is -0.508 e. The highest BCUT2D eigenvalue weighted by Gasteiger charge is 2.09. The zero-order valence-electron chi connectivity index (χ0n) is 12.6. The van der Waals surface area contributed by atoms with Crippen LogP contribution < -0.4 is 0 Å². The van der Waals surface area contributed by atoms with Gasteiger partial charge < -0.3 is 10.2 Å². The van der Waals surface area contributed by atoms with Crippen LogP contribution in [0.25, 0.3) is 6.08 Å². The van der Waals surface area contributed by atoms with E-state index >= 15 is 0 Å². The predicted octanol–water partition coefficient (Wildman–Crippen LogP) is 3.80. The molecule has 0 heterocycles. The van der Waals surface area contributed by atoms with Crippen molar-refractivity contribution in [2.45, 2.75) is 25.9 Å². The topological polar surface area (TPSA) is 57.5 Å². The highest BCUT2D eigenvalue weighted by atomic mass is 16.3. The zero-order chi connectivity index (χ0) is 15.9. The molecule has 0 aromatic heterocycles. The van der Waals surface area contributed by atoms with Crippen molar-refractivity contribution in [1.82, 2.24) is 0 Å². The largest absolute Gasteiger partial charge is 0.508 e. The van der Waals surface area contributed by atoms with Gasteiger partial charge in [0.05, 0.1) is 6.10 Å². The van der Waals surface area contributed by atoms with E-state index in [4.69, 9.17) is 0 Å². The second-order valence-corrected chi connectivity index (χ2v) is 5.36. The standard InChI is InChI=1S/C19H20O3/c1-14-2-4-15(5-3-14)6-9-17(20)12-13-19(22)16-7-10-18(21)11-8-16/h2-11,19,21-22H,12-13H2,1H3/b9-6+. The first-order valence-corrected chi connectivity index (χ1v) is 7.29. The molecule has 0 radical (unpaired) electrons. The van der Waals surface area contributed by atoms with Gasteiger partial charge in [0.25, 0.3) is 0 Å². The average Bonchev–Trinajstić information content (AvgIpc) is 2.52. The molecule has 0 aliphatic rings. The maximum atomic E-state index is 11.8. The predicted molar refractivity (Wildman–Crippen MR) is 87.5 cm³/mol. The van der Waals surface area contributed by atoms with E-state index < -0.39 is 6.10 Å². The lowest BCUT2D eigenvalue weighted by molar-refractivity contribution is -0.115. The van der Waals surface area contributed by atoms with Crippen LogP contribution in [0.3, 0.4) is 0 Å². The highest BCUT2D eigenvalue weighted by Crippen LogP contribution is 2.21. The van der Waals surface area contributed by atoms with Gasteiger partial charge in [-0.2, -0.15) is 0 Å². The molecule has 0 bridgehead atoms. The molecule has 1 atom stereocenters. The second-order valence-electron chi connectivity index (χ2n) is 5.36. The maximum Gasteiger partial charge on any atom is 0.155 e. The van der Waals surface area contributed by atoms with Crippen molar-refractivity contribution >= 4 is 11.9 Å². The van der Waals surface area contributed by atoms with Crippen molar-refractivity contribution in [3.8, 4) is 5.75 Å².